The Labute approximate surface area is 189 Å². The highest BCUT2D eigenvalue weighted by Crippen LogP contribution is 2.36. The molecule has 0 amide bonds. The Morgan fingerprint density at radius 1 is 0.969 bits per heavy atom. The van der Waals surface area contributed by atoms with Gasteiger partial charge < -0.3 is 19.6 Å². The van der Waals surface area contributed by atoms with Crippen molar-refractivity contribution >= 4 is 11.3 Å². The number of aromatic nitrogens is 2. The van der Waals surface area contributed by atoms with Gasteiger partial charge in [-0.1, -0.05) is 30.3 Å². The van der Waals surface area contributed by atoms with Gasteiger partial charge in [0, 0.05) is 36.6 Å². The minimum atomic E-state index is 0.335. The maximum atomic E-state index is 6.15. The van der Waals surface area contributed by atoms with Crippen molar-refractivity contribution in [3.63, 3.8) is 0 Å². The van der Waals surface area contributed by atoms with Crippen LogP contribution in [-0.2, 0) is 13.1 Å². The molecule has 0 radical (unpaired) electrons. The van der Waals surface area contributed by atoms with Gasteiger partial charge in [-0.15, -0.1) is 0 Å². The van der Waals surface area contributed by atoms with E-state index in [9.17, 15) is 0 Å². The molecule has 2 heterocycles. The van der Waals surface area contributed by atoms with Gasteiger partial charge in [0.2, 0.25) is 0 Å². The van der Waals surface area contributed by atoms with Gasteiger partial charge in [0.25, 0.3) is 0 Å². The summed E-state index contributed by atoms with van der Waals surface area (Å²) in [5, 5.41) is 0. The SMILES string of the molecule is COc1ccc(OC)c(-c2nc3ccc(N)cn3c2CN(Cc2ccccc2)C(C)C)c1. The quantitative estimate of drug-likeness (QED) is 0.426. The lowest BCUT2D eigenvalue weighted by Crippen LogP contribution is -2.30. The van der Waals surface area contributed by atoms with E-state index in [1.54, 1.807) is 14.2 Å². The fourth-order valence-electron chi connectivity index (χ4n) is 3.91. The molecule has 32 heavy (non-hydrogen) atoms. The number of nitrogens with two attached hydrogens (primary N) is 1. The topological polar surface area (TPSA) is 65.0 Å². The minimum absolute atomic E-state index is 0.335. The van der Waals surface area contributed by atoms with Gasteiger partial charge in [0.05, 0.1) is 25.6 Å². The monoisotopic (exact) mass is 430 g/mol. The van der Waals surface area contributed by atoms with Crippen LogP contribution in [0.25, 0.3) is 16.9 Å². The second kappa shape index (κ2) is 9.32. The normalized spacial score (nSPS) is 11.4. The first-order valence-electron chi connectivity index (χ1n) is 10.8. The van der Waals surface area contributed by atoms with E-state index >= 15 is 0 Å². The number of anilines is 1. The average Bonchev–Trinajstić information content (AvgIpc) is 3.16. The van der Waals surface area contributed by atoms with Crippen molar-refractivity contribution in [3.8, 4) is 22.8 Å². The molecule has 0 atom stereocenters. The van der Waals surface area contributed by atoms with Crippen molar-refractivity contribution < 1.29 is 9.47 Å². The smallest absolute Gasteiger partial charge is 0.137 e. The zero-order chi connectivity index (χ0) is 22.7. The predicted octanol–water partition coefficient (Wildman–Crippen LogP) is 5.01. The third-order valence-electron chi connectivity index (χ3n) is 5.71. The maximum absolute atomic E-state index is 6.15. The number of fused-ring (bicyclic) bond motifs is 1. The molecule has 6 heteroatoms. The molecule has 0 aliphatic rings. The molecule has 6 nitrogen and oxygen atoms in total. The summed E-state index contributed by atoms with van der Waals surface area (Å²) < 4.78 is 13.3. The van der Waals surface area contributed by atoms with Gasteiger partial charge in [-0.3, -0.25) is 4.90 Å². The number of hydrogen-bond acceptors (Lipinski definition) is 5. The molecule has 0 saturated heterocycles. The largest absolute Gasteiger partial charge is 0.497 e. The van der Waals surface area contributed by atoms with Gasteiger partial charge in [-0.05, 0) is 49.7 Å². The number of rotatable bonds is 8. The first-order valence-corrected chi connectivity index (χ1v) is 10.8. The zero-order valence-electron chi connectivity index (χ0n) is 19.1. The number of pyridine rings is 1. The fraction of sp³-hybridized carbons (Fsp3) is 0.269. The molecular formula is C26H30N4O2. The molecule has 4 aromatic rings. The summed E-state index contributed by atoms with van der Waals surface area (Å²) in [7, 11) is 3.34. The number of nitrogen functional groups attached to an aromatic ring is 1. The van der Waals surface area contributed by atoms with E-state index in [4.69, 9.17) is 20.2 Å². The lowest BCUT2D eigenvalue weighted by molar-refractivity contribution is 0.201. The van der Waals surface area contributed by atoms with E-state index in [0.29, 0.717) is 18.3 Å². The third kappa shape index (κ3) is 4.41. The van der Waals surface area contributed by atoms with Crippen LogP contribution in [0.15, 0.2) is 66.9 Å². The van der Waals surface area contributed by atoms with Crippen LogP contribution in [-0.4, -0.2) is 34.5 Å². The summed E-state index contributed by atoms with van der Waals surface area (Å²) >= 11 is 0. The molecule has 4 rings (SSSR count). The highest BCUT2D eigenvalue weighted by atomic mass is 16.5. The maximum Gasteiger partial charge on any atom is 0.137 e. The highest BCUT2D eigenvalue weighted by Gasteiger charge is 2.22. The zero-order valence-corrected chi connectivity index (χ0v) is 19.1. The third-order valence-corrected chi connectivity index (χ3v) is 5.71. The molecule has 0 spiro atoms. The molecule has 2 aromatic carbocycles. The van der Waals surface area contributed by atoms with Crippen molar-refractivity contribution in [3.05, 3.63) is 78.1 Å². The Balaban J connectivity index is 1.85. The Morgan fingerprint density at radius 2 is 1.75 bits per heavy atom. The van der Waals surface area contributed by atoms with Gasteiger partial charge in [0.15, 0.2) is 0 Å². The van der Waals surface area contributed by atoms with Crippen molar-refractivity contribution in [2.45, 2.75) is 33.0 Å². The molecule has 166 valence electrons. The molecule has 2 aromatic heterocycles. The molecule has 0 bridgehead atoms. The van der Waals surface area contributed by atoms with Crippen LogP contribution in [0.5, 0.6) is 11.5 Å². The number of imidazole rings is 1. The summed E-state index contributed by atoms with van der Waals surface area (Å²) in [6.07, 6.45) is 1.94. The number of methoxy groups -OCH3 is 2. The van der Waals surface area contributed by atoms with E-state index in [1.807, 2.05) is 42.6 Å². The van der Waals surface area contributed by atoms with Crippen LogP contribution in [0.2, 0.25) is 0 Å². The van der Waals surface area contributed by atoms with Crippen molar-refractivity contribution in [2.75, 3.05) is 20.0 Å². The predicted molar refractivity (Wildman–Crippen MR) is 129 cm³/mol. The molecule has 0 saturated carbocycles. The summed E-state index contributed by atoms with van der Waals surface area (Å²) in [5.74, 6) is 1.51. The lowest BCUT2D eigenvalue weighted by atomic mass is 10.1. The summed E-state index contributed by atoms with van der Waals surface area (Å²) in [6, 6.07) is 20.5. The van der Waals surface area contributed by atoms with Crippen LogP contribution >= 0.6 is 0 Å². The summed E-state index contributed by atoms with van der Waals surface area (Å²) in [4.78, 5) is 7.40. The van der Waals surface area contributed by atoms with Crippen LogP contribution in [0.4, 0.5) is 5.69 Å². The van der Waals surface area contributed by atoms with Gasteiger partial charge in [-0.2, -0.15) is 0 Å². The number of benzene rings is 2. The van der Waals surface area contributed by atoms with E-state index in [0.717, 1.165) is 40.6 Å². The second-order valence-corrected chi connectivity index (χ2v) is 8.15. The van der Waals surface area contributed by atoms with E-state index in [1.165, 1.54) is 5.56 Å². The van der Waals surface area contributed by atoms with Crippen LogP contribution < -0.4 is 15.2 Å². The van der Waals surface area contributed by atoms with Gasteiger partial charge in [-0.25, -0.2) is 4.98 Å². The number of nitrogens with zero attached hydrogens (tertiary/aromatic N) is 3. The summed E-state index contributed by atoms with van der Waals surface area (Å²) in [5.41, 5.74) is 11.8. The molecule has 2 N–H and O–H groups in total. The molecule has 0 fully saturated rings. The van der Waals surface area contributed by atoms with Crippen LogP contribution in [0.3, 0.4) is 0 Å². The Morgan fingerprint density at radius 3 is 2.44 bits per heavy atom. The van der Waals surface area contributed by atoms with Crippen LogP contribution in [0.1, 0.15) is 25.1 Å². The van der Waals surface area contributed by atoms with E-state index < -0.39 is 0 Å². The van der Waals surface area contributed by atoms with Crippen molar-refractivity contribution in [2.24, 2.45) is 0 Å². The lowest BCUT2D eigenvalue weighted by Gasteiger charge is -2.27. The van der Waals surface area contributed by atoms with Gasteiger partial charge >= 0.3 is 0 Å². The first-order chi connectivity index (χ1) is 15.5. The Bertz CT molecular complexity index is 1200. The van der Waals surface area contributed by atoms with E-state index in [2.05, 4.69) is 47.4 Å². The average molecular weight is 431 g/mol. The number of hydrogen-bond donors (Lipinski definition) is 1. The minimum Gasteiger partial charge on any atom is -0.497 e. The van der Waals surface area contributed by atoms with Gasteiger partial charge in [0.1, 0.15) is 17.1 Å². The van der Waals surface area contributed by atoms with Crippen molar-refractivity contribution in [1.82, 2.24) is 14.3 Å². The second-order valence-electron chi connectivity index (χ2n) is 8.15. The fourth-order valence-corrected chi connectivity index (χ4v) is 3.91. The van der Waals surface area contributed by atoms with Crippen molar-refractivity contribution in [1.29, 1.82) is 0 Å². The molecule has 0 aliphatic carbocycles. The Kier molecular flexibility index (Phi) is 6.32. The standard InChI is InChI=1S/C26H30N4O2/c1-18(2)29(15-19-8-6-5-7-9-19)17-23-26(28-25-13-10-20(27)16-30(23)25)22-14-21(31-3)11-12-24(22)32-4/h5-14,16,18H,15,17,27H2,1-4H3. The molecule has 0 aliphatic heterocycles. The molecular weight excluding hydrogens is 400 g/mol. The van der Waals surface area contributed by atoms with E-state index in [-0.39, 0.29) is 0 Å². The van der Waals surface area contributed by atoms with Crippen LogP contribution in [0, 0.1) is 0 Å². The first kappa shape index (κ1) is 21.7. The summed E-state index contributed by atoms with van der Waals surface area (Å²) in [6.45, 7) is 5.97. The molecule has 0 unspecified atom stereocenters. The number of ether oxygens (including phenoxy) is 2. The Hall–Kier alpha value is -3.51. The highest BCUT2D eigenvalue weighted by molar-refractivity contribution is 5.74.